The van der Waals surface area contributed by atoms with Crippen LogP contribution >= 0.6 is 0 Å². The molecule has 3 aromatic heterocycles. The van der Waals surface area contributed by atoms with Gasteiger partial charge in [-0.05, 0) is 12.1 Å². The number of aryl methyl sites for hydroxylation is 1. The molecule has 0 saturated carbocycles. The van der Waals surface area contributed by atoms with E-state index in [1.807, 2.05) is 13.8 Å². The summed E-state index contributed by atoms with van der Waals surface area (Å²) in [5.41, 5.74) is -1.02. The Morgan fingerprint density at radius 2 is 1.81 bits per heavy atom. The number of anilines is 1. The van der Waals surface area contributed by atoms with E-state index in [4.69, 9.17) is 5.11 Å². The van der Waals surface area contributed by atoms with Gasteiger partial charge in [0.1, 0.15) is 11.4 Å². The molecule has 0 aromatic carbocycles. The smallest absolute Gasteiger partial charge is 0.433 e. The first-order valence-corrected chi connectivity index (χ1v) is 11.1. The van der Waals surface area contributed by atoms with Crippen molar-refractivity contribution >= 4 is 32.7 Å². The van der Waals surface area contributed by atoms with Gasteiger partial charge in [0.25, 0.3) is 0 Å². The monoisotopic (exact) mass is 473 g/mol. The van der Waals surface area contributed by atoms with Crippen LogP contribution in [0.1, 0.15) is 26.5 Å². The van der Waals surface area contributed by atoms with Crippen LogP contribution in [-0.4, -0.2) is 51.9 Å². The zero-order valence-electron chi connectivity index (χ0n) is 18.0. The van der Waals surface area contributed by atoms with Gasteiger partial charge in [0.2, 0.25) is 0 Å². The number of sulfone groups is 1. The zero-order chi connectivity index (χ0) is 24.4. The third kappa shape index (κ3) is 4.66. The van der Waals surface area contributed by atoms with Crippen molar-refractivity contribution in [3.63, 3.8) is 0 Å². The molecule has 0 unspecified atom stereocenters. The molecule has 0 spiro atoms. The number of rotatable bonds is 4. The quantitative estimate of drug-likeness (QED) is 0.609. The van der Waals surface area contributed by atoms with Gasteiger partial charge in [-0.2, -0.15) is 13.2 Å². The Morgan fingerprint density at radius 1 is 1.19 bits per heavy atom. The van der Waals surface area contributed by atoms with Crippen molar-refractivity contribution in [2.45, 2.75) is 31.8 Å². The second-order valence-electron chi connectivity index (χ2n) is 6.34. The Bertz CT molecular complexity index is 1260. The molecule has 0 aliphatic carbocycles. The van der Waals surface area contributed by atoms with Crippen molar-refractivity contribution in [3.05, 3.63) is 30.2 Å². The number of alkyl halides is 3. The van der Waals surface area contributed by atoms with Crippen LogP contribution in [0, 0.1) is 0 Å². The summed E-state index contributed by atoms with van der Waals surface area (Å²) in [5, 5.41) is 9.14. The van der Waals surface area contributed by atoms with E-state index in [0.717, 1.165) is 29.4 Å². The lowest BCUT2D eigenvalue weighted by Crippen LogP contribution is -2.24. The number of carboxylic acid groups (broad SMARTS) is 1. The number of carbonyl (C=O) groups is 1. The Kier molecular flexibility index (Phi) is 7.13. The molecule has 174 valence electrons. The minimum Gasteiger partial charge on any atom is -0.465 e. The molecule has 9 nitrogen and oxygen atoms in total. The molecule has 3 heterocycles. The number of amides is 1. The average Bonchev–Trinajstić information content (AvgIpc) is 3.09. The Labute approximate surface area is 182 Å². The highest BCUT2D eigenvalue weighted by molar-refractivity contribution is 7.91. The highest BCUT2D eigenvalue weighted by Crippen LogP contribution is 2.33. The number of imidazole rings is 1. The summed E-state index contributed by atoms with van der Waals surface area (Å²) < 4.78 is 65.5. The number of nitrogens with zero attached hydrogens (tertiary/aromatic N) is 5. The number of fused-ring (bicyclic) bond motifs is 1. The first-order valence-electron chi connectivity index (χ1n) is 9.46. The van der Waals surface area contributed by atoms with Gasteiger partial charge < -0.3 is 9.67 Å². The number of aromatic nitrogens is 4. The van der Waals surface area contributed by atoms with Crippen LogP contribution in [0.15, 0.2) is 29.4 Å². The Balaban J connectivity index is 0.00000176. The fourth-order valence-corrected chi connectivity index (χ4v) is 3.79. The average molecular weight is 473 g/mol. The number of hydrogen-bond donors (Lipinski definition) is 1. The highest BCUT2D eigenvalue weighted by Gasteiger charge is 2.33. The minimum atomic E-state index is -4.66. The predicted octanol–water partition coefficient (Wildman–Crippen LogP) is 3.98. The molecule has 3 rings (SSSR count). The topological polar surface area (TPSA) is 118 Å². The number of halogens is 3. The van der Waals surface area contributed by atoms with Gasteiger partial charge >= 0.3 is 12.3 Å². The lowest BCUT2D eigenvalue weighted by atomic mass is 10.3. The second-order valence-corrected chi connectivity index (χ2v) is 8.58. The fraction of sp³-hybridized carbons (Fsp3) is 0.368. The van der Waals surface area contributed by atoms with E-state index in [0.29, 0.717) is 0 Å². The third-order valence-electron chi connectivity index (χ3n) is 4.50. The maximum absolute atomic E-state index is 13.0. The largest absolute Gasteiger partial charge is 0.465 e. The molecule has 0 aliphatic heterocycles. The van der Waals surface area contributed by atoms with Gasteiger partial charge in [-0.1, -0.05) is 20.8 Å². The van der Waals surface area contributed by atoms with E-state index >= 15 is 0 Å². The van der Waals surface area contributed by atoms with Gasteiger partial charge in [-0.15, -0.1) is 0 Å². The van der Waals surface area contributed by atoms with E-state index in [1.165, 1.54) is 25.6 Å². The number of pyridine rings is 2. The summed E-state index contributed by atoms with van der Waals surface area (Å²) in [6, 6.07) is 1.91. The predicted molar refractivity (Wildman–Crippen MR) is 112 cm³/mol. The van der Waals surface area contributed by atoms with Gasteiger partial charge in [0.05, 0.1) is 39.8 Å². The van der Waals surface area contributed by atoms with Crippen molar-refractivity contribution in [1.82, 2.24) is 19.5 Å². The van der Waals surface area contributed by atoms with Crippen LogP contribution < -0.4 is 4.90 Å². The molecule has 32 heavy (non-hydrogen) atoms. The normalized spacial score (nSPS) is 11.8. The summed E-state index contributed by atoms with van der Waals surface area (Å²) in [6.45, 7) is 5.40. The van der Waals surface area contributed by atoms with Crippen LogP contribution in [0.3, 0.4) is 0 Å². The van der Waals surface area contributed by atoms with E-state index in [2.05, 4.69) is 15.0 Å². The van der Waals surface area contributed by atoms with E-state index in [1.54, 1.807) is 0 Å². The minimum absolute atomic E-state index is 0.00248. The Hall–Kier alpha value is -3.22. The molecule has 1 amide bonds. The maximum Gasteiger partial charge on any atom is 0.433 e. The van der Waals surface area contributed by atoms with Crippen molar-refractivity contribution in [2.75, 3.05) is 17.7 Å². The Morgan fingerprint density at radius 3 is 2.34 bits per heavy atom. The number of hydrogen-bond acceptors (Lipinski definition) is 6. The van der Waals surface area contributed by atoms with Gasteiger partial charge in [0, 0.05) is 14.1 Å². The van der Waals surface area contributed by atoms with Crippen molar-refractivity contribution < 1.29 is 31.5 Å². The molecule has 13 heteroatoms. The molecule has 0 saturated heterocycles. The second kappa shape index (κ2) is 9.10. The van der Waals surface area contributed by atoms with Gasteiger partial charge in [-0.3, -0.25) is 4.90 Å². The van der Waals surface area contributed by atoms with Crippen LogP contribution in [0.4, 0.5) is 23.7 Å². The lowest BCUT2D eigenvalue weighted by molar-refractivity contribution is -0.141. The molecule has 0 radical (unpaired) electrons. The molecule has 0 fully saturated rings. The summed E-state index contributed by atoms with van der Waals surface area (Å²) in [7, 11) is -1.17. The molecule has 0 atom stereocenters. The van der Waals surface area contributed by atoms with Crippen LogP contribution in [0.2, 0.25) is 0 Å². The maximum atomic E-state index is 13.0. The molecule has 3 aromatic rings. The summed E-state index contributed by atoms with van der Waals surface area (Å²) >= 11 is 0. The first-order chi connectivity index (χ1) is 14.9. The van der Waals surface area contributed by atoms with Gasteiger partial charge in [-0.25, -0.2) is 28.2 Å². The fourth-order valence-electron chi connectivity index (χ4n) is 2.74. The summed E-state index contributed by atoms with van der Waals surface area (Å²) in [6.07, 6.45) is -3.84. The van der Waals surface area contributed by atoms with Crippen molar-refractivity contribution in [1.29, 1.82) is 0 Å². The summed E-state index contributed by atoms with van der Waals surface area (Å²) in [5.74, 6) is -0.297. The van der Waals surface area contributed by atoms with Crippen molar-refractivity contribution in [3.8, 4) is 11.5 Å². The molecule has 0 bridgehead atoms. The third-order valence-corrected chi connectivity index (χ3v) is 6.24. The summed E-state index contributed by atoms with van der Waals surface area (Å²) in [4.78, 5) is 23.3. The van der Waals surface area contributed by atoms with Crippen LogP contribution in [0.5, 0.6) is 0 Å². The molecular formula is C19H22F3N5O4S. The zero-order valence-corrected chi connectivity index (χ0v) is 18.8. The van der Waals surface area contributed by atoms with Gasteiger partial charge in [0.15, 0.2) is 15.7 Å². The SMILES string of the molecule is CC.CCS(=O)(=O)c1cc(N(C)C(=O)O)cnc1-c1nc2cc(C(F)(F)F)ncc2n1C. The lowest BCUT2D eigenvalue weighted by Gasteiger charge is -2.16. The highest BCUT2D eigenvalue weighted by atomic mass is 32.2. The van der Waals surface area contributed by atoms with Crippen LogP contribution in [-0.2, 0) is 23.1 Å². The first kappa shape index (κ1) is 25.0. The van der Waals surface area contributed by atoms with Crippen molar-refractivity contribution in [2.24, 2.45) is 7.05 Å². The van der Waals surface area contributed by atoms with E-state index < -0.39 is 27.8 Å². The van der Waals surface area contributed by atoms with E-state index in [-0.39, 0.29) is 38.9 Å². The molecule has 1 N–H and O–H groups in total. The molecular weight excluding hydrogens is 451 g/mol. The van der Waals surface area contributed by atoms with Crippen LogP contribution in [0.25, 0.3) is 22.6 Å². The van der Waals surface area contributed by atoms with E-state index in [9.17, 15) is 26.4 Å². The standard InChI is InChI=1S/C17H16F3N5O4S.C2H6/c1-4-30(28,29)12-5-9(24(2)16(26)27)7-22-14(12)15-23-10-6-13(17(18,19)20)21-8-11(10)25(15)3;1-2/h5-8H,4H2,1-3H3,(H,26,27);1-2H3. The molecule has 0 aliphatic rings.